The smallest absolute Gasteiger partial charge is 0.255 e. The van der Waals surface area contributed by atoms with E-state index in [9.17, 15) is 9.90 Å². The lowest BCUT2D eigenvalue weighted by atomic mass is 9.90. The number of aliphatic hydroxyl groups is 1. The number of oxazole rings is 1. The summed E-state index contributed by atoms with van der Waals surface area (Å²) in [6, 6.07) is 5.53. The summed E-state index contributed by atoms with van der Waals surface area (Å²) in [4.78, 5) is 30.4. The fourth-order valence-corrected chi connectivity index (χ4v) is 4.80. The summed E-state index contributed by atoms with van der Waals surface area (Å²) in [5.74, 6) is 2.46. The normalized spacial score (nSPS) is 19.7. The third-order valence-corrected chi connectivity index (χ3v) is 6.79. The van der Waals surface area contributed by atoms with Gasteiger partial charge in [0.1, 0.15) is 28.3 Å². The largest absolute Gasteiger partial charge is 0.496 e. The molecule has 2 aliphatic rings. The first-order chi connectivity index (χ1) is 17.0. The Kier molecular flexibility index (Phi) is 5.64. The van der Waals surface area contributed by atoms with Crippen LogP contribution in [-0.4, -0.2) is 65.9 Å². The number of nitrogens with one attached hydrogen (secondary N) is 1. The van der Waals surface area contributed by atoms with Crippen molar-refractivity contribution in [1.82, 2.24) is 15.0 Å². The molecule has 4 heterocycles. The number of hydrogen-bond donors (Lipinski definition) is 2. The van der Waals surface area contributed by atoms with Gasteiger partial charge in [-0.15, -0.1) is 0 Å². The maximum Gasteiger partial charge on any atom is 0.255 e. The third kappa shape index (κ3) is 3.75. The number of hydrogen-bond acceptors (Lipinski definition) is 10. The van der Waals surface area contributed by atoms with E-state index in [-0.39, 0.29) is 18.5 Å². The molecule has 0 bridgehead atoms. The molecule has 11 heteroatoms. The van der Waals surface area contributed by atoms with Crippen LogP contribution in [0.2, 0.25) is 0 Å². The van der Waals surface area contributed by atoms with Gasteiger partial charge < -0.3 is 34.1 Å². The number of ether oxygens (including phenoxy) is 2. The number of amides is 1. The van der Waals surface area contributed by atoms with Gasteiger partial charge in [-0.1, -0.05) is 0 Å². The fraction of sp³-hybridized carbons (Fsp3) is 0.440. The van der Waals surface area contributed by atoms with Gasteiger partial charge in [-0.3, -0.25) is 4.79 Å². The van der Waals surface area contributed by atoms with Crippen molar-refractivity contribution in [2.24, 2.45) is 0 Å². The molecule has 0 radical (unpaired) electrons. The number of fused-ring (bicyclic) bond motifs is 1. The van der Waals surface area contributed by atoms with Crippen molar-refractivity contribution < 1.29 is 23.8 Å². The molecular formula is C25H30N6O5. The minimum absolute atomic E-state index is 0.104. The lowest BCUT2D eigenvalue weighted by molar-refractivity contribution is -0.123. The molecule has 36 heavy (non-hydrogen) atoms. The van der Waals surface area contributed by atoms with Crippen LogP contribution in [0.1, 0.15) is 31.9 Å². The van der Waals surface area contributed by atoms with Crippen molar-refractivity contribution in [3.8, 4) is 17.1 Å². The lowest BCUT2D eigenvalue weighted by Crippen LogP contribution is -2.62. The van der Waals surface area contributed by atoms with Crippen molar-refractivity contribution in [2.45, 2.75) is 38.3 Å². The molecule has 3 aromatic rings. The Labute approximate surface area is 209 Å². The summed E-state index contributed by atoms with van der Waals surface area (Å²) >= 11 is 0. The van der Waals surface area contributed by atoms with Crippen LogP contribution >= 0.6 is 0 Å². The molecule has 11 nitrogen and oxygen atoms in total. The number of rotatable bonds is 5. The minimum atomic E-state index is -1.33. The second kappa shape index (κ2) is 8.45. The molecule has 1 unspecified atom stereocenters. The Morgan fingerprint density at radius 2 is 2.03 bits per heavy atom. The Bertz CT molecular complexity index is 1320. The maximum absolute atomic E-state index is 13.4. The molecule has 5 rings (SSSR count). The van der Waals surface area contributed by atoms with Crippen LogP contribution in [0.25, 0.3) is 11.3 Å². The van der Waals surface area contributed by atoms with Crippen LogP contribution < -0.4 is 19.9 Å². The number of anilines is 4. The Morgan fingerprint density at radius 3 is 2.64 bits per heavy atom. The van der Waals surface area contributed by atoms with Crippen LogP contribution in [0.3, 0.4) is 0 Å². The van der Waals surface area contributed by atoms with Crippen LogP contribution in [0.15, 0.2) is 28.8 Å². The van der Waals surface area contributed by atoms with Crippen molar-refractivity contribution >= 4 is 29.0 Å². The topological polar surface area (TPSA) is 126 Å². The van der Waals surface area contributed by atoms with Crippen molar-refractivity contribution in [1.29, 1.82) is 0 Å². The van der Waals surface area contributed by atoms with E-state index in [0.29, 0.717) is 53.3 Å². The molecule has 1 amide bonds. The lowest BCUT2D eigenvalue weighted by Gasteiger charge is -2.46. The van der Waals surface area contributed by atoms with Gasteiger partial charge in [-0.25, -0.2) is 9.97 Å². The van der Waals surface area contributed by atoms with E-state index < -0.39 is 11.1 Å². The summed E-state index contributed by atoms with van der Waals surface area (Å²) in [6.07, 6.45) is 2.20. The van der Waals surface area contributed by atoms with Crippen LogP contribution in [-0.2, 0) is 15.1 Å². The van der Waals surface area contributed by atoms with Crippen LogP contribution in [0.5, 0.6) is 5.75 Å². The van der Waals surface area contributed by atoms with Gasteiger partial charge in [0.15, 0.2) is 17.5 Å². The first-order valence-corrected chi connectivity index (χ1v) is 11.7. The van der Waals surface area contributed by atoms with Crippen molar-refractivity contribution in [3.05, 3.63) is 36.0 Å². The van der Waals surface area contributed by atoms with Gasteiger partial charge >= 0.3 is 0 Å². The monoisotopic (exact) mass is 494 g/mol. The van der Waals surface area contributed by atoms with Gasteiger partial charge in [-0.2, -0.15) is 4.98 Å². The van der Waals surface area contributed by atoms with Gasteiger partial charge in [-0.05, 0) is 26.0 Å². The second-order valence-corrected chi connectivity index (χ2v) is 9.67. The average molecular weight is 495 g/mol. The van der Waals surface area contributed by atoms with Crippen molar-refractivity contribution in [2.75, 3.05) is 49.5 Å². The van der Waals surface area contributed by atoms with Gasteiger partial charge in [0, 0.05) is 45.8 Å². The first-order valence-electron chi connectivity index (χ1n) is 11.7. The Morgan fingerprint density at radius 1 is 1.25 bits per heavy atom. The highest BCUT2D eigenvalue weighted by Gasteiger charge is 2.53. The van der Waals surface area contributed by atoms with Gasteiger partial charge in [0.2, 0.25) is 5.95 Å². The van der Waals surface area contributed by atoms with E-state index in [2.05, 4.69) is 15.3 Å². The number of aryl methyl sites for hydroxylation is 1. The highest BCUT2D eigenvalue weighted by atomic mass is 16.5. The van der Waals surface area contributed by atoms with E-state index in [1.165, 1.54) is 4.90 Å². The number of benzene rings is 1. The molecule has 1 saturated heterocycles. The van der Waals surface area contributed by atoms with E-state index >= 15 is 0 Å². The molecule has 190 valence electrons. The zero-order chi connectivity index (χ0) is 25.8. The van der Waals surface area contributed by atoms with E-state index in [1.807, 2.05) is 30.1 Å². The minimum Gasteiger partial charge on any atom is -0.496 e. The predicted octanol–water partition coefficient (Wildman–Crippen LogP) is 2.99. The standard InChI is InChI=1S/C25H30N6O5/c1-14-26-12-18(36-14)16-8-7-15(11-17(16)34-6)27-23-28-20(24(2,3)33)19-21(29-23)31(5)25(9-10-35-13-25)22(32)30(19)4/h7-8,11-12,33H,9-10,13H2,1-6H3,(H,27,28,29). The highest BCUT2D eigenvalue weighted by molar-refractivity contribution is 6.08. The number of aromatic nitrogens is 3. The number of methoxy groups -OCH3 is 1. The molecule has 0 aliphatic carbocycles. The van der Waals surface area contributed by atoms with Crippen LogP contribution in [0.4, 0.5) is 23.1 Å². The second-order valence-electron chi connectivity index (χ2n) is 9.67. The molecule has 1 spiro atoms. The summed E-state index contributed by atoms with van der Waals surface area (Å²) in [6.45, 7) is 5.82. The molecule has 2 aliphatic heterocycles. The van der Waals surface area contributed by atoms with Crippen molar-refractivity contribution in [3.63, 3.8) is 0 Å². The van der Waals surface area contributed by atoms with E-state index in [0.717, 1.165) is 5.56 Å². The summed E-state index contributed by atoms with van der Waals surface area (Å²) in [7, 11) is 5.10. The average Bonchev–Trinajstić information content (AvgIpc) is 3.51. The molecular weight excluding hydrogens is 464 g/mol. The zero-order valence-electron chi connectivity index (χ0n) is 21.2. The van der Waals surface area contributed by atoms with E-state index in [4.69, 9.17) is 18.9 Å². The predicted molar refractivity (Wildman–Crippen MR) is 134 cm³/mol. The summed E-state index contributed by atoms with van der Waals surface area (Å²) in [5.41, 5.74) is 0.0790. The maximum atomic E-state index is 13.4. The summed E-state index contributed by atoms with van der Waals surface area (Å²) in [5, 5.41) is 14.2. The van der Waals surface area contributed by atoms with E-state index in [1.54, 1.807) is 41.1 Å². The first kappa shape index (κ1) is 24.0. The van der Waals surface area contributed by atoms with Crippen LogP contribution in [0, 0.1) is 6.92 Å². The number of carbonyl (C=O) groups excluding carboxylic acids is 1. The molecule has 1 atom stereocenters. The fourth-order valence-electron chi connectivity index (χ4n) is 4.80. The van der Waals surface area contributed by atoms with Gasteiger partial charge in [0.05, 0.1) is 25.5 Å². The van der Waals surface area contributed by atoms with Gasteiger partial charge in [0.25, 0.3) is 5.91 Å². The zero-order valence-corrected chi connectivity index (χ0v) is 21.2. The Balaban J connectivity index is 1.58. The number of likely N-dealkylation sites (N-methyl/N-ethyl adjacent to an activating group) is 2. The Hall–Kier alpha value is -3.70. The molecule has 2 aromatic heterocycles. The SMILES string of the molecule is COc1cc(Nc2nc3c(c(C(C)(C)O)n2)N(C)C(=O)C2(CCOC2)N3C)ccc1-c1cnc(C)o1. The number of carbonyl (C=O) groups is 1. The summed E-state index contributed by atoms with van der Waals surface area (Å²) < 4.78 is 16.9. The molecule has 2 N–H and O–H groups in total. The third-order valence-electron chi connectivity index (χ3n) is 6.79. The molecule has 0 saturated carbocycles. The quantitative estimate of drug-likeness (QED) is 0.547. The highest BCUT2D eigenvalue weighted by Crippen LogP contribution is 2.45. The number of nitrogens with zero attached hydrogens (tertiary/aromatic N) is 5. The molecule has 1 fully saturated rings. The molecule has 1 aromatic carbocycles.